The second-order valence-corrected chi connectivity index (χ2v) is 13.4. The molecule has 0 bridgehead atoms. The smallest absolute Gasteiger partial charge is 0.265 e. The van der Waals surface area contributed by atoms with Crippen LogP contribution in [0.2, 0.25) is 0 Å². The minimum absolute atomic E-state index is 0.0668. The Morgan fingerprint density at radius 2 is 1.42 bits per heavy atom. The number of carbonyl (C=O) groups is 2. The summed E-state index contributed by atoms with van der Waals surface area (Å²) in [6.07, 6.45) is 0. The van der Waals surface area contributed by atoms with E-state index in [-0.39, 0.29) is 34.5 Å². The van der Waals surface area contributed by atoms with Crippen LogP contribution in [0.3, 0.4) is 0 Å². The van der Waals surface area contributed by atoms with E-state index in [9.17, 15) is 18.0 Å². The molecule has 3 aromatic carbocycles. The predicted octanol–water partition coefficient (Wildman–Crippen LogP) is 4.56. The zero-order valence-electron chi connectivity index (χ0n) is 27.3. The Morgan fingerprint density at radius 3 is 1.98 bits per heavy atom. The summed E-state index contributed by atoms with van der Waals surface area (Å²) in [4.78, 5) is 28.8. The summed E-state index contributed by atoms with van der Waals surface area (Å²) >= 11 is 0. The summed E-state index contributed by atoms with van der Waals surface area (Å²) in [5.74, 6) is 0.0747. The summed E-state index contributed by atoms with van der Waals surface area (Å²) in [6.45, 7) is 8.51. The minimum atomic E-state index is -4.44. The predicted molar refractivity (Wildman–Crippen MR) is 173 cm³/mol. The lowest BCUT2D eigenvalue weighted by Crippen LogP contribution is -2.54. The molecule has 0 radical (unpaired) electrons. The largest absolute Gasteiger partial charge is 0.497 e. The van der Waals surface area contributed by atoms with Gasteiger partial charge in [0.2, 0.25) is 11.8 Å². The van der Waals surface area contributed by atoms with Crippen molar-refractivity contribution in [3.63, 3.8) is 0 Å². The van der Waals surface area contributed by atoms with Gasteiger partial charge in [0, 0.05) is 24.2 Å². The quantitative estimate of drug-likeness (QED) is 0.288. The molecular formula is C33H43N3O8S. The zero-order chi connectivity index (χ0) is 33.5. The maximum absolute atomic E-state index is 14.4. The van der Waals surface area contributed by atoms with Crippen molar-refractivity contribution in [3.05, 3.63) is 71.8 Å². The fourth-order valence-corrected chi connectivity index (χ4v) is 5.99. The Kier molecular flexibility index (Phi) is 11.3. The number of hydrogen-bond acceptors (Lipinski definition) is 8. The average Bonchev–Trinajstić information content (AvgIpc) is 3.01. The third-order valence-electron chi connectivity index (χ3n) is 7.02. The molecule has 3 aromatic rings. The fraction of sp³-hybridized carbons (Fsp3) is 0.394. The Morgan fingerprint density at radius 1 is 0.822 bits per heavy atom. The number of carbonyl (C=O) groups excluding carboxylic acids is 2. The van der Waals surface area contributed by atoms with E-state index < -0.39 is 34.1 Å². The molecule has 1 N–H and O–H groups in total. The average molecular weight is 642 g/mol. The van der Waals surface area contributed by atoms with Gasteiger partial charge in [0.1, 0.15) is 24.1 Å². The molecule has 0 unspecified atom stereocenters. The number of nitrogens with zero attached hydrogens (tertiary/aromatic N) is 2. The van der Waals surface area contributed by atoms with E-state index in [0.717, 1.165) is 15.4 Å². The molecule has 11 nitrogen and oxygen atoms in total. The number of sulfonamides is 1. The summed E-state index contributed by atoms with van der Waals surface area (Å²) in [5.41, 5.74) is 1.33. The number of nitrogens with one attached hydrogen (secondary N) is 1. The van der Waals surface area contributed by atoms with Gasteiger partial charge in [0.05, 0.1) is 39.0 Å². The molecule has 0 spiro atoms. The lowest BCUT2D eigenvalue weighted by atomic mass is 10.1. The van der Waals surface area contributed by atoms with Crippen molar-refractivity contribution in [1.29, 1.82) is 0 Å². The molecule has 0 fully saturated rings. The highest BCUT2D eigenvalue weighted by Gasteiger charge is 2.35. The molecule has 0 aromatic heterocycles. The number of methoxy groups -OCH3 is 4. The summed E-state index contributed by atoms with van der Waals surface area (Å²) in [5, 5.41) is 2.92. The molecular weight excluding hydrogens is 598 g/mol. The molecule has 0 aliphatic heterocycles. The van der Waals surface area contributed by atoms with Gasteiger partial charge in [-0.3, -0.25) is 13.9 Å². The number of hydrogen-bond donors (Lipinski definition) is 1. The first-order valence-corrected chi connectivity index (χ1v) is 15.7. The first kappa shape index (κ1) is 35.0. The van der Waals surface area contributed by atoms with Crippen LogP contribution in [0.25, 0.3) is 0 Å². The van der Waals surface area contributed by atoms with Crippen molar-refractivity contribution >= 4 is 27.5 Å². The second kappa shape index (κ2) is 14.6. The van der Waals surface area contributed by atoms with Gasteiger partial charge in [-0.2, -0.15) is 0 Å². The number of aryl methyl sites for hydroxylation is 1. The second-order valence-electron chi connectivity index (χ2n) is 11.5. The van der Waals surface area contributed by atoms with Crippen molar-refractivity contribution in [2.75, 3.05) is 39.3 Å². The van der Waals surface area contributed by atoms with Crippen molar-refractivity contribution in [3.8, 4) is 23.0 Å². The highest BCUT2D eigenvalue weighted by Crippen LogP contribution is 2.37. The number of rotatable bonds is 13. The van der Waals surface area contributed by atoms with Gasteiger partial charge >= 0.3 is 0 Å². The number of ether oxygens (including phenoxy) is 4. The zero-order valence-corrected chi connectivity index (χ0v) is 28.2. The SMILES string of the molecule is COc1ccc(OC)c(N(CC(=O)N(Cc2ccc(C)cc2)[C@@H](C)C(=O)NC(C)(C)C)S(=O)(=O)c2ccc(OC)c(OC)c2)c1. The van der Waals surface area contributed by atoms with Crippen LogP contribution in [-0.4, -0.2) is 71.7 Å². The van der Waals surface area contributed by atoms with Crippen LogP contribution in [0.5, 0.6) is 23.0 Å². The van der Waals surface area contributed by atoms with Crippen LogP contribution >= 0.6 is 0 Å². The molecule has 2 amide bonds. The van der Waals surface area contributed by atoms with Gasteiger partial charge in [-0.25, -0.2) is 8.42 Å². The lowest BCUT2D eigenvalue weighted by molar-refractivity contribution is -0.140. The fourth-order valence-electron chi connectivity index (χ4n) is 4.56. The maximum Gasteiger partial charge on any atom is 0.265 e. The summed E-state index contributed by atoms with van der Waals surface area (Å²) in [6, 6.07) is 15.4. The normalized spacial score (nSPS) is 12.1. The third kappa shape index (κ3) is 8.59. The maximum atomic E-state index is 14.4. The van der Waals surface area contributed by atoms with Gasteiger partial charge < -0.3 is 29.2 Å². The van der Waals surface area contributed by atoms with Crippen LogP contribution in [0.1, 0.15) is 38.8 Å². The molecule has 12 heteroatoms. The Bertz CT molecular complexity index is 1600. The van der Waals surface area contributed by atoms with E-state index >= 15 is 0 Å². The topological polar surface area (TPSA) is 124 Å². The van der Waals surface area contributed by atoms with E-state index in [4.69, 9.17) is 18.9 Å². The van der Waals surface area contributed by atoms with Crippen LogP contribution < -0.4 is 28.6 Å². The van der Waals surface area contributed by atoms with Crippen molar-refractivity contribution < 1.29 is 37.0 Å². The van der Waals surface area contributed by atoms with Crippen LogP contribution in [0, 0.1) is 6.92 Å². The van der Waals surface area contributed by atoms with Gasteiger partial charge in [0.15, 0.2) is 11.5 Å². The van der Waals surface area contributed by atoms with E-state index in [2.05, 4.69) is 5.32 Å². The molecule has 45 heavy (non-hydrogen) atoms. The number of anilines is 1. The molecule has 0 saturated carbocycles. The third-order valence-corrected chi connectivity index (χ3v) is 8.77. The lowest BCUT2D eigenvalue weighted by Gasteiger charge is -2.34. The Labute approximate surface area is 266 Å². The van der Waals surface area contributed by atoms with Gasteiger partial charge in [-0.05, 0) is 64.4 Å². The number of amides is 2. The Hall–Kier alpha value is -4.45. The molecule has 0 saturated heterocycles. The van der Waals surface area contributed by atoms with Gasteiger partial charge in [-0.15, -0.1) is 0 Å². The van der Waals surface area contributed by atoms with E-state index in [1.54, 1.807) is 19.1 Å². The van der Waals surface area contributed by atoms with Gasteiger partial charge in [0.25, 0.3) is 10.0 Å². The molecule has 0 aliphatic rings. The first-order chi connectivity index (χ1) is 21.1. The van der Waals surface area contributed by atoms with E-state index in [1.807, 2.05) is 52.0 Å². The van der Waals surface area contributed by atoms with Crippen molar-refractivity contribution in [1.82, 2.24) is 10.2 Å². The van der Waals surface area contributed by atoms with Crippen LogP contribution in [0.15, 0.2) is 65.6 Å². The molecule has 3 rings (SSSR count). The van der Waals surface area contributed by atoms with Gasteiger partial charge in [-0.1, -0.05) is 29.8 Å². The summed E-state index contributed by atoms with van der Waals surface area (Å²) in [7, 11) is 1.25. The summed E-state index contributed by atoms with van der Waals surface area (Å²) < 4.78 is 51.3. The molecule has 0 aliphatic carbocycles. The van der Waals surface area contributed by atoms with Crippen molar-refractivity contribution in [2.24, 2.45) is 0 Å². The van der Waals surface area contributed by atoms with Crippen molar-refractivity contribution in [2.45, 2.75) is 57.6 Å². The number of benzene rings is 3. The standard InChI is InChI=1S/C33H43N3O8S/c1-22-10-12-24(13-11-22)20-35(23(2)32(38)34-33(3,4)5)31(37)21-36(27-18-25(41-6)14-16-28(27)42-7)45(39,40)26-15-17-29(43-8)30(19-26)44-9/h10-19,23H,20-21H2,1-9H3,(H,34,38)/t23-/m0/s1. The van der Waals surface area contributed by atoms with E-state index in [0.29, 0.717) is 11.5 Å². The highest BCUT2D eigenvalue weighted by molar-refractivity contribution is 7.92. The Balaban J connectivity index is 2.17. The highest BCUT2D eigenvalue weighted by atomic mass is 32.2. The molecule has 1 atom stereocenters. The monoisotopic (exact) mass is 641 g/mol. The first-order valence-electron chi connectivity index (χ1n) is 14.3. The minimum Gasteiger partial charge on any atom is -0.497 e. The van der Waals surface area contributed by atoms with E-state index in [1.165, 1.54) is 57.6 Å². The van der Waals surface area contributed by atoms with Crippen LogP contribution in [-0.2, 0) is 26.2 Å². The van der Waals surface area contributed by atoms with Crippen LogP contribution in [0.4, 0.5) is 5.69 Å². The molecule has 0 heterocycles. The molecule has 244 valence electrons.